The maximum atomic E-state index is 12.2. The Morgan fingerprint density at radius 1 is 1.50 bits per heavy atom. The lowest BCUT2D eigenvalue weighted by molar-refractivity contribution is -0.124. The highest BCUT2D eigenvalue weighted by Crippen LogP contribution is 2.31. The number of nitrogens with two attached hydrogens (primary N) is 1. The average molecular weight is 238 g/mol. The number of ketones is 1. The molecule has 16 heavy (non-hydrogen) atoms. The first-order chi connectivity index (χ1) is 7.81. The molecular formula is C12H18N2OS. The van der Waals surface area contributed by atoms with E-state index in [4.69, 9.17) is 5.73 Å². The fourth-order valence-electron chi connectivity index (χ4n) is 2.55. The first kappa shape index (κ1) is 11.7. The molecule has 1 saturated carbocycles. The van der Waals surface area contributed by atoms with Crippen molar-refractivity contribution in [1.29, 1.82) is 0 Å². The molecule has 3 nitrogen and oxygen atoms in total. The molecular weight excluding hydrogens is 220 g/mol. The lowest BCUT2D eigenvalue weighted by Gasteiger charge is -2.29. The molecule has 0 aliphatic heterocycles. The highest BCUT2D eigenvalue weighted by molar-refractivity contribution is 7.09. The van der Waals surface area contributed by atoms with E-state index in [0.29, 0.717) is 24.7 Å². The number of aromatic nitrogens is 1. The maximum absolute atomic E-state index is 12.2. The molecule has 0 aromatic carbocycles. The number of hydrogen-bond acceptors (Lipinski definition) is 4. The summed E-state index contributed by atoms with van der Waals surface area (Å²) in [6, 6.07) is 0. The van der Waals surface area contributed by atoms with Crippen LogP contribution in [-0.4, -0.2) is 17.3 Å². The van der Waals surface area contributed by atoms with Gasteiger partial charge in [0.2, 0.25) is 0 Å². The molecule has 2 rings (SSSR count). The first-order valence-corrected chi connectivity index (χ1v) is 6.79. The smallest absolute Gasteiger partial charge is 0.141 e. The van der Waals surface area contributed by atoms with Crippen molar-refractivity contribution in [3.8, 4) is 0 Å². The second kappa shape index (κ2) is 5.55. The van der Waals surface area contributed by atoms with E-state index in [-0.39, 0.29) is 5.92 Å². The molecule has 1 aromatic rings. The van der Waals surface area contributed by atoms with Crippen LogP contribution in [0.3, 0.4) is 0 Å². The molecule has 0 bridgehead atoms. The fourth-order valence-corrected chi connectivity index (χ4v) is 3.15. The van der Waals surface area contributed by atoms with E-state index in [1.54, 1.807) is 23.0 Å². The second-order valence-electron chi connectivity index (χ2n) is 4.50. The van der Waals surface area contributed by atoms with Crippen molar-refractivity contribution in [2.45, 2.75) is 32.1 Å². The van der Waals surface area contributed by atoms with Crippen LogP contribution in [0.25, 0.3) is 0 Å². The Morgan fingerprint density at radius 3 is 3.00 bits per heavy atom. The van der Waals surface area contributed by atoms with Crippen LogP contribution in [0.15, 0.2) is 11.7 Å². The summed E-state index contributed by atoms with van der Waals surface area (Å²) in [6.45, 7) is 0.652. The van der Waals surface area contributed by atoms with Crippen LogP contribution in [0.4, 0.5) is 0 Å². The van der Waals surface area contributed by atoms with Crippen molar-refractivity contribution in [3.63, 3.8) is 0 Å². The van der Waals surface area contributed by atoms with E-state index in [0.717, 1.165) is 17.7 Å². The molecule has 0 amide bonds. The minimum absolute atomic E-state index is 0.195. The van der Waals surface area contributed by atoms with Crippen LogP contribution in [0, 0.1) is 11.8 Å². The number of thiazole rings is 1. The highest BCUT2D eigenvalue weighted by Gasteiger charge is 2.29. The van der Waals surface area contributed by atoms with Crippen LogP contribution in [-0.2, 0) is 11.2 Å². The van der Waals surface area contributed by atoms with Gasteiger partial charge in [-0.25, -0.2) is 0 Å². The summed E-state index contributed by atoms with van der Waals surface area (Å²) in [6.07, 6.45) is 6.89. The standard InChI is InChI=1S/C12H18N2OS/c13-6-9-3-1-2-4-11(9)12(15)5-10-7-14-8-16-10/h7-9,11H,1-6,13H2. The van der Waals surface area contributed by atoms with Gasteiger partial charge in [-0.1, -0.05) is 12.8 Å². The second-order valence-corrected chi connectivity index (χ2v) is 5.47. The van der Waals surface area contributed by atoms with Gasteiger partial charge in [0.15, 0.2) is 0 Å². The minimum Gasteiger partial charge on any atom is -0.330 e. The van der Waals surface area contributed by atoms with Crippen molar-refractivity contribution < 1.29 is 4.79 Å². The molecule has 1 aliphatic rings. The van der Waals surface area contributed by atoms with E-state index in [9.17, 15) is 4.79 Å². The number of hydrogen-bond donors (Lipinski definition) is 1. The van der Waals surface area contributed by atoms with Gasteiger partial charge in [0.05, 0.1) is 5.51 Å². The van der Waals surface area contributed by atoms with Gasteiger partial charge in [-0.15, -0.1) is 11.3 Å². The number of carbonyl (C=O) groups excluding carboxylic acids is 1. The van der Waals surface area contributed by atoms with Crippen LogP contribution in [0.2, 0.25) is 0 Å². The van der Waals surface area contributed by atoms with Gasteiger partial charge in [0.25, 0.3) is 0 Å². The first-order valence-electron chi connectivity index (χ1n) is 5.91. The average Bonchev–Trinajstić information content (AvgIpc) is 2.81. The third kappa shape index (κ3) is 2.68. The third-order valence-corrected chi connectivity index (χ3v) is 4.24. The molecule has 1 aromatic heterocycles. The van der Waals surface area contributed by atoms with Crippen molar-refractivity contribution in [3.05, 3.63) is 16.6 Å². The topological polar surface area (TPSA) is 56.0 Å². The summed E-state index contributed by atoms with van der Waals surface area (Å²) < 4.78 is 0. The van der Waals surface area contributed by atoms with Gasteiger partial charge in [-0.05, 0) is 25.3 Å². The molecule has 2 atom stereocenters. The summed E-state index contributed by atoms with van der Waals surface area (Å²) in [5, 5.41) is 0. The van der Waals surface area contributed by atoms with E-state index in [1.807, 2.05) is 0 Å². The zero-order chi connectivity index (χ0) is 11.4. The number of Topliss-reactive ketones (excluding diaryl/α,β-unsaturated/α-hetero) is 1. The SMILES string of the molecule is NCC1CCCCC1C(=O)Cc1cncs1. The Kier molecular flexibility index (Phi) is 4.07. The molecule has 0 saturated heterocycles. The molecule has 1 fully saturated rings. The molecule has 1 heterocycles. The Morgan fingerprint density at radius 2 is 2.31 bits per heavy atom. The van der Waals surface area contributed by atoms with Crippen LogP contribution >= 0.6 is 11.3 Å². The van der Waals surface area contributed by atoms with Crippen molar-refractivity contribution in [2.24, 2.45) is 17.6 Å². The summed E-state index contributed by atoms with van der Waals surface area (Å²) >= 11 is 1.56. The largest absolute Gasteiger partial charge is 0.330 e. The lowest BCUT2D eigenvalue weighted by atomic mass is 9.76. The van der Waals surface area contributed by atoms with E-state index in [2.05, 4.69) is 4.98 Å². The van der Waals surface area contributed by atoms with E-state index >= 15 is 0 Å². The maximum Gasteiger partial charge on any atom is 0.141 e. The highest BCUT2D eigenvalue weighted by atomic mass is 32.1. The molecule has 0 radical (unpaired) electrons. The fraction of sp³-hybridized carbons (Fsp3) is 0.667. The zero-order valence-corrected chi connectivity index (χ0v) is 10.2. The summed E-state index contributed by atoms with van der Waals surface area (Å²) in [7, 11) is 0. The monoisotopic (exact) mass is 238 g/mol. The lowest BCUT2D eigenvalue weighted by Crippen LogP contribution is -2.33. The van der Waals surface area contributed by atoms with Gasteiger partial charge in [0, 0.05) is 23.4 Å². The Hall–Kier alpha value is -0.740. The number of rotatable bonds is 4. The van der Waals surface area contributed by atoms with Gasteiger partial charge in [-0.3, -0.25) is 9.78 Å². The molecule has 1 aliphatic carbocycles. The quantitative estimate of drug-likeness (QED) is 0.873. The van der Waals surface area contributed by atoms with Crippen molar-refractivity contribution in [1.82, 2.24) is 4.98 Å². The van der Waals surface area contributed by atoms with Gasteiger partial charge in [-0.2, -0.15) is 0 Å². The molecule has 0 spiro atoms. The summed E-state index contributed by atoms with van der Waals surface area (Å²) in [5.74, 6) is 0.967. The Labute approximate surface area is 100 Å². The third-order valence-electron chi connectivity index (χ3n) is 3.46. The minimum atomic E-state index is 0.195. The van der Waals surface area contributed by atoms with Gasteiger partial charge in [0.1, 0.15) is 5.78 Å². The normalized spacial score (nSPS) is 25.6. The van der Waals surface area contributed by atoms with E-state index < -0.39 is 0 Å². The van der Waals surface area contributed by atoms with Crippen LogP contribution in [0.1, 0.15) is 30.6 Å². The predicted octanol–water partition coefficient (Wildman–Crippen LogP) is 2.02. The predicted molar refractivity (Wildman–Crippen MR) is 65.3 cm³/mol. The molecule has 88 valence electrons. The van der Waals surface area contributed by atoms with Crippen molar-refractivity contribution >= 4 is 17.1 Å². The van der Waals surface area contributed by atoms with Crippen LogP contribution < -0.4 is 5.73 Å². The van der Waals surface area contributed by atoms with Crippen molar-refractivity contribution in [2.75, 3.05) is 6.54 Å². The molecule has 2 unspecified atom stereocenters. The Bertz CT molecular complexity index is 337. The van der Waals surface area contributed by atoms with E-state index in [1.165, 1.54) is 12.8 Å². The molecule has 4 heteroatoms. The zero-order valence-electron chi connectivity index (χ0n) is 9.39. The summed E-state index contributed by atoms with van der Waals surface area (Å²) in [4.78, 5) is 17.2. The Balaban J connectivity index is 1.97. The molecule has 2 N–H and O–H groups in total. The number of carbonyl (C=O) groups is 1. The van der Waals surface area contributed by atoms with Gasteiger partial charge >= 0.3 is 0 Å². The van der Waals surface area contributed by atoms with Gasteiger partial charge < -0.3 is 5.73 Å². The summed E-state index contributed by atoms with van der Waals surface area (Å²) in [5.41, 5.74) is 7.52. The van der Waals surface area contributed by atoms with Crippen LogP contribution in [0.5, 0.6) is 0 Å². The number of nitrogens with zero attached hydrogens (tertiary/aromatic N) is 1.